The van der Waals surface area contributed by atoms with E-state index < -0.39 is 26.5 Å². The van der Waals surface area contributed by atoms with Gasteiger partial charge in [0.25, 0.3) is 0 Å². The topological polar surface area (TPSA) is 62.3 Å². The number of anilines is 1. The quantitative estimate of drug-likeness (QED) is 0.660. The summed E-state index contributed by atoms with van der Waals surface area (Å²) in [5, 5.41) is 4.14. The summed E-state index contributed by atoms with van der Waals surface area (Å²) in [4.78, 5) is 5.98. The Morgan fingerprint density at radius 2 is 1.87 bits per heavy atom. The van der Waals surface area contributed by atoms with Crippen molar-refractivity contribution in [1.29, 1.82) is 0 Å². The van der Waals surface area contributed by atoms with E-state index in [1.54, 1.807) is 0 Å². The lowest BCUT2D eigenvalue weighted by atomic mass is 10.1. The minimum atomic E-state index is -4.62. The second-order valence-electron chi connectivity index (χ2n) is 8.09. The summed E-state index contributed by atoms with van der Waals surface area (Å²) < 4.78 is 65.1. The van der Waals surface area contributed by atoms with Crippen LogP contribution in [0.15, 0.2) is 64.5 Å². The fourth-order valence-corrected chi connectivity index (χ4v) is 5.76. The lowest BCUT2D eigenvalue weighted by Crippen LogP contribution is -2.30. The number of rotatable bonds is 3. The molecule has 2 aliphatic heterocycles. The average molecular weight is 447 g/mol. The van der Waals surface area contributed by atoms with Gasteiger partial charge < -0.3 is 10.2 Å². The predicted molar refractivity (Wildman–Crippen MR) is 111 cm³/mol. The molecule has 2 atom stereocenters. The Morgan fingerprint density at radius 3 is 2.65 bits per heavy atom. The van der Waals surface area contributed by atoms with E-state index in [4.69, 9.17) is 0 Å². The van der Waals surface area contributed by atoms with Gasteiger partial charge in [-0.3, -0.25) is 4.98 Å². The van der Waals surface area contributed by atoms with Gasteiger partial charge in [0.05, 0.1) is 20.9 Å². The molecule has 5 nitrogen and oxygen atoms in total. The highest BCUT2D eigenvalue weighted by atomic mass is 32.2. The highest BCUT2D eigenvalue weighted by Crippen LogP contribution is 2.34. The molecule has 3 heterocycles. The third-order valence-electron chi connectivity index (χ3n) is 6.15. The maximum absolute atomic E-state index is 13.0. The number of alkyl halides is 3. The molecule has 0 aliphatic carbocycles. The van der Waals surface area contributed by atoms with E-state index in [9.17, 15) is 21.6 Å². The number of hydrogen-bond acceptors (Lipinski definition) is 5. The standard InChI is InChI=1S/C22H20F3N3O2S/c23-22(24,25)16-2-1-3-18(10-16)31(29,30)19-9-15-8-17(4-5-20(15)27-11-19)28-12-14-6-7-26-21(14)13-28/h1-5,8-11,14,21,26H,6-7,12-13H2. The smallest absolute Gasteiger partial charge is 0.370 e. The van der Waals surface area contributed by atoms with Crippen molar-refractivity contribution in [3.05, 3.63) is 60.3 Å². The molecule has 0 amide bonds. The molecule has 0 radical (unpaired) electrons. The molecule has 1 aromatic heterocycles. The number of halogens is 3. The maximum atomic E-state index is 13.0. The van der Waals surface area contributed by atoms with Gasteiger partial charge in [0.2, 0.25) is 9.84 Å². The van der Waals surface area contributed by atoms with Crippen molar-refractivity contribution in [3.63, 3.8) is 0 Å². The first-order valence-corrected chi connectivity index (χ1v) is 11.5. The number of benzene rings is 2. The highest BCUT2D eigenvalue weighted by molar-refractivity contribution is 7.91. The Kier molecular flexibility index (Phi) is 4.71. The molecular formula is C22H20F3N3O2S. The zero-order valence-corrected chi connectivity index (χ0v) is 17.2. The van der Waals surface area contributed by atoms with E-state index in [0.717, 1.165) is 43.9 Å². The van der Waals surface area contributed by atoms with E-state index >= 15 is 0 Å². The monoisotopic (exact) mass is 447 g/mol. The second kappa shape index (κ2) is 7.20. The van der Waals surface area contributed by atoms with Gasteiger partial charge in [-0.1, -0.05) is 6.07 Å². The summed E-state index contributed by atoms with van der Waals surface area (Å²) in [6.07, 6.45) is -2.28. The van der Waals surface area contributed by atoms with Crippen molar-refractivity contribution < 1.29 is 21.6 Å². The van der Waals surface area contributed by atoms with Gasteiger partial charge in [-0.25, -0.2) is 8.42 Å². The molecule has 0 spiro atoms. The lowest BCUT2D eigenvalue weighted by molar-refractivity contribution is -0.137. The number of sulfone groups is 1. The van der Waals surface area contributed by atoms with Crippen molar-refractivity contribution >= 4 is 26.4 Å². The van der Waals surface area contributed by atoms with Gasteiger partial charge >= 0.3 is 6.18 Å². The number of aromatic nitrogens is 1. The number of hydrogen-bond donors (Lipinski definition) is 1. The summed E-state index contributed by atoms with van der Waals surface area (Å²) in [6.45, 7) is 2.88. The van der Waals surface area contributed by atoms with Gasteiger partial charge in [-0.05, 0) is 61.3 Å². The summed E-state index contributed by atoms with van der Waals surface area (Å²) in [5.41, 5.74) is 0.612. The third-order valence-corrected chi connectivity index (χ3v) is 7.87. The molecule has 0 bridgehead atoms. The fourth-order valence-electron chi connectivity index (χ4n) is 4.48. The third kappa shape index (κ3) is 3.65. The molecule has 162 valence electrons. The van der Waals surface area contributed by atoms with Crippen molar-refractivity contribution in [2.24, 2.45) is 5.92 Å². The molecule has 2 aliphatic rings. The number of nitrogens with zero attached hydrogens (tertiary/aromatic N) is 2. The minimum absolute atomic E-state index is 0.128. The number of nitrogens with one attached hydrogen (secondary N) is 1. The van der Waals surface area contributed by atoms with E-state index in [0.29, 0.717) is 28.9 Å². The minimum Gasteiger partial charge on any atom is -0.370 e. The molecule has 2 unspecified atom stereocenters. The van der Waals surface area contributed by atoms with Crippen LogP contribution in [-0.4, -0.2) is 39.1 Å². The molecule has 2 saturated heterocycles. The Labute approximate surface area is 177 Å². The Morgan fingerprint density at radius 1 is 1.03 bits per heavy atom. The van der Waals surface area contributed by atoms with Crippen molar-refractivity contribution in [2.45, 2.75) is 28.4 Å². The van der Waals surface area contributed by atoms with E-state index in [2.05, 4.69) is 15.2 Å². The SMILES string of the molecule is O=S(=O)(c1cccc(C(F)(F)F)c1)c1cnc2ccc(N3CC4CCNC4C3)cc2c1. The second-order valence-corrected chi connectivity index (χ2v) is 10.0. The Balaban J connectivity index is 1.50. The summed E-state index contributed by atoms with van der Waals surface area (Å²) in [5.74, 6) is 0.612. The summed E-state index contributed by atoms with van der Waals surface area (Å²) >= 11 is 0. The molecule has 5 rings (SSSR count). The van der Waals surface area contributed by atoms with Crippen LogP contribution in [0, 0.1) is 5.92 Å². The van der Waals surface area contributed by atoms with Gasteiger partial charge in [0, 0.05) is 36.4 Å². The van der Waals surface area contributed by atoms with Crippen LogP contribution in [-0.2, 0) is 16.0 Å². The molecule has 31 heavy (non-hydrogen) atoms. The van der Waals surface area contributed by atoms with Gasteiger partial charge in [0.1, 0.15) is 0 Å². The van der Waals surface area contributed by atoms with Crippen LogP contribution >= 0.6 is 0 Å². The molecule has 3 aromatic rings. The lowest BCUT2D eigenvalue weighted by Gasteiger charge is -2.20. The van der Waals surface area contributed by atoms with E-state index in [-0.39, 0.29) is 4.90 Å². The predicted octanol–water partition coefficient (Wildman–Crippen LogP) is 3.88. The molecular weight excluding hydrogens is 427 g/mol. The first-order chi connectivity index (χ1) is 14.7. The fraction of sp³-hybridized carbons (Fsp3) is 0.318. The first-order valence-electron chi connectivity index (χ1n) is 10.0. The van der Waals surface area contributed by atoms with E-state index in [1.165, 1.54) is 18.3 Å². The average Bonchev–Trinajstić information content (AvgIpc) is 3.35. The van der Waals surface area contributed by atoms with Gasteiger partial charge in [-0.2, -0.15) is 13.2 Å². The Hall–Kier alpha value is -2.65. The van der Waals surface area contributed by atoms with Crippen LogP contribution in [0.25, 0.3) is 10.9 Å². The first kappa shape index (κ1) is 20.3. The molecule has 9 heteroatoms. The van der Waals surface area contributed by atoms with Gasteiger partial charge in [-0.15, -0.1) is 0 Å². The summed E-state index contributed by atoms with van der Waals surface area (Å²) in [6, 6.07) is 11.4. The zero-order valence-electron chi connectivity index (χ0n) is 16.4. The van der Waals surface area contributed by atoms with Gasteiger partial charge in [0.15, 0.2) is 0 Å². The molecule has 2 aromatic carbocycles. The number of pyridine rings is 1. The highest BCUT2D eigenvalue weighted by Gasteiger charge is 2.36. The van der Waals surface area contributed by atoms with Crippen LogP contribution in [0.2, 0.25) is 0 Å². The zero-order chi connectivity index (χ0) is 21.8. The number of fused-ring (bicyclic) bond motifs is 2. The Bertz CT molecular complexity index is 1250. The molecule has 0 saturated carbocycles. The van der Waals surface area contributed by atoms with E-state index in [1.807, 2.05) is 18.2 Å². The maximum Gasteiger partial charge on any atom is 0.416 e. The largest absolute Gasteiger partial charge is 0.416 e. The van der Waals surface area contributed by atoms with Crippen molar-refractivity contribution in [3.8, 4) is 0 Å². The summed E-state index contributed by atoms with van der Waals surface area (Å²) in [7, 11) is -4.14. The normalized spacial score (nSPS) is 21.6. The van der Waals surface area contributed by atoms with Crippen molar-refractivity contribution in [1.82, 2.24) is 10.3 Å². The van der Waals surface area contributed by atoms with Crippen molar-refractivity contribution in [2.75, 3.05) is 24.5 Å². The van der Waals surface area contributed by atoms with Crippen LogP contribution in [0.5, 0.6) is 0 Å². The van der Waals surface area contributed by atoms with Crippen LogP contribution < -0.4 is 10.2 Å². The van der Waals surface area contributed by atoms with Crippen LogP contribution in [0.1, 0.15) is 12.0 Å². The van der Waals surface area contributed by atoms with Crippen LogP contribution in [0.4, 0.5) is 18.9 Å². The molecule has 1 N–H and O–H groups in total. The molecule has 2 fully saturated rings. The van der Waals surface area contributed by atoms with Crippen LogP contribution in [0.3, 0.4) is 0 Å².